The molecular formula is C16H22ClN3. The van der Waals surface area contributed by atoms with Gasteiger partial charge in [0.05, 0.1) is 6.04 Å². The van der Waals surface area contributed by atoms with Crippen LogP contribution in [0.25, 0.3) is 0 Å². The molecule has 0 aliphatic carbocycles. The molecule has 1 aromatic carbocycles. The second-order valence-corrected chi connectivity index (χ2v) is 5.51. The highest BCUT2D eigenvalue weighted by Crippen LogP contribution is 2.26. The Morgan fingerprint density at radius 1 is 1.35 bits per heavy atom. The molecule has 0 saturated heterocycles. The highest BCUT2D eigenvalue weighted by molar-refractivity contribution is 6.30. The number of rotatable bonds is 6. The van der Waals surface area contributed by atoms with Gasteiger partial charge in [-0.2, -0.15) is 0 Å². The zero-order valence-electron chi connectivity index (χ0n) is 12.1. The second kappa shape index (κ2) is 6.91. The first-order chi connectivity index (χ1) is 9.67. The molecule has 0 spiro atoms. The Balaban J connectivity index is 2.44. The van der Waals surface area contributed by atoms with Gasteiger partial charge in [0.25, 0.3) is 0 Å². The predicted molar refractivity (Wildman–Crippen MR) is 84.1 cm³/mol. The Bertz CT molecular complexity index is 550. The van der Waals surface area contributed by atoms with Crippen molar-refractivity contribution in [3.63, 3.8) is 0 Å². The maximum Gasteiger partial charge on any atom is 0.109 e. The maximum atomic E-state index is 6.36. The largest absolute Gasteiger partial charge is 0.326 e. The first-order valence-corrected chi connectivity index (χ1v) is 7.57. The van der Waals surface area contributed by atoms with E-state index in [1.165, 1.54) is 0 Å². The molecule has 2 atom stereocenters. The number of hydrogen-bond acceptors (Lipinski definition) is 2. The average molecular weight is 292 g/mol. The van der Waals surface area contributed by atoms with Gasteiger partial charge in [0.1, 0.15) is 5.82 Å². The molecule has 0 aliphatic heterocycles. The predicted octanol–water partition coefficient (Wildman–Crippen LogP) is 3.82. The zero-order chi connectivity index (χ0) is 14.5. The van der Waals surface area contributed by atoms with E-state index in [1.807, 2.05) is 30.6 Å². The van der Waals surface area contributed by atoms with Crippen molar-refractivity contribution in [3.05, 3.63) is 53.1 Å². The molecule has 3 nitrogen and oxygen atoms in total. The number of aromatic nitrogens is 2. The third-order valence-corrected chi connectivity index (χ3v) is 3.82. The van der Waals surface area contributed by atoms with Crippen LogP contribution in [0.1, 0.15) is 44.1 Å². The van der Waals surface area contributed by atoms with E-state index in [0.717, 1.165) is 35.7 Å². The number of imidazole rings is 1. The monoisotopic (exact) mass is 291 g/mol. The molecule has 0 aliphatic rings. The van der Waals surface area contributed by atoms with Crippen LogP contribution in [0.3, 0.4) is 0 Å². The summed E-state index contributed by atoms with van der Waals surface area (Å²) >= 11 is 6.13. The summed E-state index contributed by atoms with van der Waals surface area (Å²) in [6.07, 6.45) is 6.80. The topological polar surface area (TPSA) is 43.8 Å². The zero-order valence-corrected chi connectivity index (χ0v) is 12.8. The van der Waals surface area contributed by atoms with Crippen LogP contribution in [0.15, 0.2) is 36.7 Å². The lowest BCUT2D eigenvalue weighted by Gasteiger charge is -2.26. The van der Waals surface area contributed by atoms with Crippen molar-refractivity contribution in [2.75, 3.05) is 0 Å². The summed E-state index contributed by atoms with van der Waals surface area (Å²) in [7, 11) is 0. The Kier molecular flexibility index (Phi) is 5.21. The van der Waals surface area contributed by atoms with Gasteiger partial charge in [0.15, 0.2) is 0 Å². The lowest BCUT2D eigenvalue weighted by Crippen LogP contribution is -2.33. The molecule has 2 N–H and O–H groups in total. The number of nitrogens with zero attached hydrogens (tertiary/aromatic N) is 2. The van der Waals surface area contributed by atoms with Crippen molar-refractivity contribution in [2.24, 2.45) is 5.73 Å². The lowest BCUT2D eigenvalue weighted by atomic mass is 9.97. The smallest absolute Gasteiger partial charge is 0.109 e. The second-order valence-electron chi connectivity index (χ2n) is 5.07. The fraction of sp³-hybridized carbons (Fsp3) is 0.438. The van der Waals surface area contributed by atoms with E-state index >= 15 is 0 Å². The van der Waals surface area contributed by atoms with E-state index in [-0.39, 0.29) is 12.1 Å². The van der Waals surface area contributed by atoms with Crippen LogP contribution in [0.5, 0.6) is 0 Å². The first-order valence-electron chi connectivity index (χ1n) is 7.20. The normalized spacial score (nSPS) is 14.2. The fourth-order valence-electron chi connectivity index (χ4n) is 2.54. The first kappa shape index (κ1) is 15.1. The fourth-order valence-corrected chi connectivity index (χ4v) is 2.74. The van der Waals surface area contributed by atoms with Gasteiger partial charge >= 0.3 is 0 Å². The maximum absolute atomic E-state index is 6.36. The Morgan fingerprint density at radius 3 is 2.80 bits per heavy atom. The minimum Gasteiger partial charge on any atom is -0.326 e. The van der Waals surface area contributed by atoms with Gasteiger partial charge in [-0.15, -0.1) is 0 Å². The molecule has 2 rings (SSSR count). The Hall–Kier alpha value is -1.32. The van der Waals surface area contributed by atoms with E-state index in [9.17, 15) is 0 Å². The summed E-state index contributed by atoms with van der Waals surface area (Å²) in [5.74, 6) is 1.08. The molecule has 108 valence electrons. The van der Waals surface area contributed by atoms with Crippen molar-refractivity contribution >= 4 is 11.6 Å². The molecule has 0 radical (unpaired) electrons. The van der Waals surface area contributed by atoms with Crippen LogP contribution in [-0.4, -0.2) is 15.6 Å². The van der Waals surface area contributed by atoms with Gasteiger partial charge in [-0.1, -0.05) is 37.6 Å². The van der Waals surface area contributed by atoms with Crippen LogP contribution >= 0.6 is 11.6 Å². The van der Waals surface area contributed by atoms with Crippen LogP contribution in [0.2, 0.25) is 5.02 Å². The van der Waals surface area contributed by atoms with E-state index < -0.39 is 0 Å². The highest BCUT2D eigenvalue weighted by Gasteiger charge is 2.22. The van der Waals surface area contributed by atoms with E-state index in [0.29, 0.717) is 0 Å². The molecular weight excluding hydrogens is 270 g/mol. The molecule has 1 aromatic heterocycles. The van der Waals surface area contributed by atoms with Crippen LogP contribution < -0.4 is 5.73 Å². The summed E-state index contributed by atoms with van der Waals surface area (Å²) < 4.78 is 2.20. The third-order valence-electron chi connectivity index (χ3n) is 3.59. The Labute approximate surface area is 125 Å². The van der Waals surface area contributed by atoms with Gasteiger partial charge in [0, 0.05) is 29.9 Å². The quantitative estimate of drug-likeness (QED) is 0.879. The standard InChI is InChI=1S/C16H22ClN3/c1-3-6-15-19-9-10-20(15)16(14(18)4-2)12-7-5-8-13(17)11-12/h5,7-11,14,16H,3-4,6,18H2,1-2H3. The number of benzene rings is 1. The number of halogens is 1. The molecule has 1 heterocycles. The van der Waals surface area contributed by atoms with Gasteiger partial charge in [-0.05, 0) is 30.5 Å². The van der Waals surface area contributed by atoms with E-state index in [1.54, 1.807) is 0 Å². The molecule has 0 fully saturated rings. The van der Waals surface area contributed by atoms with E-state index in [4.69, 9.17) is 17.3 Å². The van der Waals surface area contributed by atoms with Gasteiger partial charge < -0.3 is 10.3 Å². The summed E-state index contributed by atoms with van der Waals surface area (Å²) in [5, 5.41) is 0.743. The van der Waals surface area contributed by atoms with Gasteiger partial charge in [-0.3, -0.25) is 0 Å². The van der Waals surface area contributed by atoms with Crippen molar-refractivity contribution < 1.29 is 0 Å². The van der Waals surface area contributed by atoms with Gasteiger partial charge in [-0.25, -0.2) is 4.98 Å². The third kappa shape index (κ3) is 3.22. The molecule has 0 saturated carbocycles. The molecule has 2 unspecified atom stereocenters. The minimum atomic E-state index is 0.0401. The number of hydrogen-bond donors (Lipinski definition) is 1. The minimum absolute atomic E-state index is 0.0401. The molecule has 2 aromatic rings. The van der Waals surface area contributed by atoms with Crippen LogP contribution in [0.4, 0.5) is 0 Å². The van der Waals surface area contributed by atoms with Crippen LogP contribution in [0, 0.1) is 0 Å². The molecule has 20 heavy (non-hydrogen) atoms. The molecule has 0 bridgehead atoms. The lowest BCUT2D eigenvalue weighted by molar-refractivity contribution is 0.445. The summed E-state index contributed by atoms with van der Waals surface area (Å²) in [5.41, 5.74) is 7.50. The highest BCUT2D eigenvalue weighted by atomic mass is 35.5. The van der Waals surface area contributed by atoms with Crippen molar-refractivity contribution in [1.29, 1.82) is 0 Å². The van der Waals surface area contributed by atoms with Crippen LogP contribution in [-0.2, 0) is 6.42 Å². The average Bonchev–Trinajstić information content (AvgIpc) is 2.87. The summed E-state index contributed by atoms with van der Waals surface area (Å²) in [6.45, 7) is 4.27. The van der Waals surface area contributed by atoms with Crippen molar-refractivity contribution in [1.82, 2.24) is 9.55 Å². The SMILES string of the molecule is CCCc1nccn1C(c1cccc(Cl)c1)C(N)CC. The Morgan fingerprint density at radius 2 is 2.15 bits per heavy atom. The summed E-state index contributed by atoms with van der Waals surface area (Å²) in [4.78, 5) is 4.47. The van der Waals surface area contributed by atoms with Gasteiger partial charge in [0.2, 0.25) is 0 Å². The molecule has 4 heteroatoms. The summed E-state index contributed by atoms with van der Waals surface area (Å²) in [6, 6.07) is 8.07. The number of aryl methyl sites for hydroxylation is 1. The number of nitrogens with two attached hydrogens (primary N) is 1. The van der Waals surface area contributed by atoms with Crippen molar-refractivity contribution in [2.45, 2.75) is 45.2 Å². The van der Waals surface area contributed by atoms with E-state index in [2.05, 4.69) is 29.5 Å². The van der Waals surface area contributed by atoms with Crippen molar-refractivity contribution in [3.8, 4) is 0 Å². The molecule has 0 amide bonds.